The Balaban J connectivity index is 2.35. The van der Waals surface area contributed by atoms with Crippen LogP contribution < -0.4 is 0 Å². The zero-order valence-electron chi connectivity index (χ0n) is 12.6. The maximum absolute atomic E-state index is 12.9. The SMILES string of the molecule is C[Si](C)(C)C1=C(c2ccccc2)[C@H]2C=CC=C[C@@H]1S2(=O)=O. The molecule has 0 amide bonds. The zero-order valence-corrected chi connectivity index (χ0v) is 14.4. The quantitative estimate of drug-likeness (QED) is 0.781. The molecule has 1 aromatic rings. The van der Waals surface area contributed by atoms with Gasteiger partial charge in [-0.15, -0.1) is 0 Å². The fraction of sp³-hybridized carbons (Fsp3) is 0.294. The third-order valence-corrected chi connectivity index (χ3v) is 8.75. The summed E-state index contributed by atoms with van der Waals surface area (Å²) in [5, 5.41) is 0.222. The minimum atomic E-state index is -3.21. The van der Waals surface area contributed by atoms with Crippen LogP contribution in [-0.4, -0.2) is 27.0 Å². The summed E-state index contributed by atoms with van der Waals surface area (Å²) in [5.41, 5.74) is 2.08. The number of sulfone groups is 1. The number of rotatable bonds is 2. The molecule has 0 aliphatic carbocycles. The molecule has 0 saturated carbocycles. The van der Waals surface area contributed by atoms with E-state index in [0.717, 1.165) is 11.1 Å². The van der Waals surface area contributed by atoms with Crippen LogP contribution in [0, 0.1) is 0 Å². The van der Waals surface area contributed by atoms with Crippen molar-refractivity contribution < 1.29 is 8.42 Å². The van der Waals surface area contributed by atoms with E-state index in [4.69, 9.17) is 0 Å². The van der Waals surface area contributed by atoms with Crippen LogP contribution in [0.25, 0.3) is 5.57 Å². The van der Waals surface area contributed by atoms with Gasteiger partial charge in [0, 0.05) is 0 Å². The van der Waals surface area contributed by atoms with Crippen molar-refractivity contribution in [2.75, 3.05) is 0 Å². The molecule has 2 heterocycles. The standard InChI is InChI=1S/C17H20O2SSi/c1-21(2,3)17-15-12-8-7-11-14(20(15,18)19)16(17)13-9-5-4-6-10-13/h4-12,14-15H,1-3H3/t14-,15+/m1/s1. The van der Waals surface area contributed by atoms with Crippen LogP contribution in [0.1, 0.15) is 5.56 Å². The van der Waals surface area contributed by atoms with Crippen LogP contribution in [0.2, 0.25) is 19.6 Å². The minimum Gasteiger partial charge on any atom is -0.227 e. The van der Waals surface area contributed by atoms with Crippen LogP contribution in [0.4, 0.5) is 0 Å². The molecule has 4 heteroatoms. The lowest BCUT2D eigenvalue weighted by atomic mass is 10.00. The van der Waals surface area contributed by atoms with Gasteiger partial charge in [0.2, 0.25) is 0 Å². The highest BCUT2D eigenvalue weighted by atomic mass is 32.2. The van der Waals surface area contributed by atoms with Crippen LogP contribution in [0.15, 0.2) is 59.8 Å². The molecule has 0 unspecified atom stereocenters. The van der Waals surface area contributed by atoms with Crippen molar-refractivity contribution in [3.63, 3.8) is 0 Å². The van der Waals surface area contributed by atoms with Crippen molar-refractivity contribution >= 4 is 23.5 Å². The van der Waals surface area contributed by atoms with Gasteiger partial charge in [0.15, 0.2) is 9.84 Å². The molecule has 2 nitrogen and oxygen atoms in total. The number of benzene rings is 1. The Kier molecular flexibility index (Phi) is 3.33. The first-order valence-electron chi connectivity index (χ1n) is 7.21. The van der Waals surface area contributed by atoms with Gasteiger partial charge in [-0.3, -0.25) is 0 Å². The van der Waals surface area contributed by atoms with Crippen LogP contribution >= 0.6 is 0 Å². The number of fused-ring (bicyclic) bond motifs is 2. The van der Waals surface area contributed by atoms with Gasteiger partial charge < -0.3 is 0 Å². The van der Waals surface area contributed by atoms with Crippen LogP contribution in [0.5, 0.6) is 0 Å². The van der Waals surface area contributed by atoms with E-state index in [0.29, 0.717) is 0 Å². The molecule has 110 valence electrons. The van der Waals surface area contributed by atoms with E-state index in [1.807, 2.05) is 54.6 Å². The summed E-state index contributed by atoms with van der Waals surface area (Å²) in [7, 11) is -4.96. The van der Waals surface area contributed by atoms with Gasteiger partial charge in [-0.05, 0) is 11.1 Å². The monoisotopic (exact) mass is 316 g/mol. The van der Waals surface area contributed by atoms with E-state index < -0.39 is 28.4 Å². The first-order valence-corrected chi connectivity index (χ1v) is 12.3. The summed E-state index contributed by atoms with van der Waals surface area (Å²) in [6, 6.07) is 9.98. The van der Waals surface area contributed by atoms with Crippen molar-refractivity contribution in [1.29, 1.82) is 0 Å². The Morgan fingerprint density at radius 3 is 2.05 bits per heavy atom. The number of allylic oxidation sites excluding steroid dienone is 2. The average Bonchev–Trinajstić information content (AvgIpc) is 2.49. The summed E-state index contributed by atoms with van der Waals surface area (Å²) < 4.78 is 25.8. The summed E-state index contributed by atoms with van der Waals surface area (Å²) in [6.07, 6.45) is 7.44. The van der Waals surface area contributed by atoms with Gasteiger partial charge in [0.1, 0.15) is 5.25 Å². The van der Waals surface area contributed by atoms with E-state index in [1.165, 1.54) is 5.20 Å². The Labute approximate surface area is 127 Å². The van der Waals surface area contributed by atoms with E-state index >= 15 is 0 Å². The second-order valence-electron chi connectivity index (χ2n) is 6.64. The highest BCUT2D eigenvalue weighted by molar-refractivity contribution is 7.94. The lowest BCUT2D eigenvalue weighted by molar-refractivity contribution is 0.595. The van der Waals surface area contributed by atoms with Gasteiger partial charge in [-0.2, -0.15) is 0 Å². The van der Waals surface area contributed by atoms with Gasteiger partial charge >= 0.3 is 0 Å². The molecular formula is C17H20O2SSi. The smallest absolute Gasteiger partial charge is 0.170 e. The Hall–Kier alpha value is -1.39. The third-order valence-electron chi connectivity index (χ3n) is 4.14. The normalized spacial score (nSPS) is 27.0. The van der Waals surface area contributed by atoms with Crippen molar-refractivity contribution in [1.82, 2.24) is 0 Å². The van der Waals surface area contributed by atoms with Gasteiger partial charge in [0.25, 0.3) is 0 Å². The summed E-state index contributed by atoms with van der Waals surface area (Å²) in [5.74, 6) is 0. The molecule has 2 atom stereocenters. The highest BCUT2D eigenvalue weighted by Crippen LogP contribution is 2.45. The van der Waals surface area contributed by atoms with E-state index in [-0.39, 0.29) is 0 Å². The lowest BCUT2D eigenvalue weighted by Gasteiger charge is -2.24. The molecule has 3 rings (SSSR count). The molecule has 2 bridgehead atoms. The molecule has 0 fully saturated rings. The van der Waals surface area contributed by atoms with Crippen LogP contribution in [0.3, 0.4) is 0 Å². The van der Waals surface area contributed by atoms with Crippen LogP contribution in [-0.2, 0) is 9.84 Å². The fourth-order valence-electron chi connectivity index (χ4n) is 3.30. The molecule has 0 aromatic heterocycles. The van der Waals surface area contributed by atoms with Crippen molar-refractivity contribution in [3.05, 3.63) is 65.4 Å². The average molecular weight is 316 g/mol. The number of hydrogen-bond acceptors (Lipinski definition) is 2. The first kappa shape index (κ1) is 14.5. The molecule has 2 aliphatic rings. The third kappa shape index (κ3) is 2.26. The highest BCUT2D eigenvalue weighted by Gasteiger charge is 2.49. The molecule has 0 N–H and O–H groups in total. The topological polar surface area (TPSA) is 34.1 Å². The predicted molar refractivity (Wildman–Crippen MR) is 91.5 cm³/mol. The molecule has 0 spiro atoms. The molecule has 0 radical (unpaired) electrons. The largest absolute Gasteiger partial charge is 0.227 e. The van der Waals surface area contributed by atoms with Crippen molar-refractivity contribution in [3.8, 4) is 0 Å². The molecule has 21 heavy (non-hydrogen) atoms. The minimum absolute atomic E-state index is 0.445. The Morgan fingerprint density at radius 2 is 1.48 bits per heavy atom. The molecule has 1 aromatic carbocycles. The van der Waals surface area contributed by atoms with Crippen molar-refractivity contribution in [2.24, 2.45) is 0 Å². The molecular weight excluding hydrogens is 296 g/mol. The maximum atomic E-state index is 12.9. The Bertz CT molecular complexity index is 750. The second-order valence-corrected chi connectivity index (χ2v) is 13.9. The predicted octanol–water partition coefficient (Wildman–Crippen LogP) is 3.61. The van der Waals surface area contributed by atoms with Gasteiger partial charge in [-0.1, -0.05) is 79.5 Å². The molecule has 2 aliphatic heterocycles. The Morgan fingerprint density at radius 1 is 0.905 bits per heavy atom. The van der Waals surface area contributed by atoms with Gasteiger partial charge in [0.05, 0.1) is 13.3 Å². The van der Waals surface area contributed by atoms with E-state index in [9.17, 15) is 8.42 Å². The maximum Gasteiger partial charge on any atom is 0.170 e. The van der Waals surface area contributed by atoms with Crippen molar-refractivity contribution in [2.45, 2.75) is 30.1 Å². The summed E-state index contributed by atoms with van der Waals surface area (Å²) in [4.78, 5) is 0. The summed E-state index contributed by atoms with van der Waals surface area (Å²) in [6.45, 7) is 6.69. The van der Waals surface area contributed by atoms with Gasteiger partial charge in [-0.25, -0.2) is 8.42 Å². The first-order chi connectivity index (χ1) is 9.83. The lowest BCUT2D eigenvalue weighted by Crippen LogP contribution is -2.32. The van der Waals surface area contributed by atoms with E-state index in [1.54, 1.807) is 0 Å². The number of hydrogen-bond donors (Lipinski definition) is 0. The fourth-order valence-corrected chi connectivity index (χ4v) is 9.00. The summed E-state index contributed by atoms with van der Waals surface area (Å²) >= 11 is 0. The second kappa shape index (κ2) is 4.82. The molecule has 0 saturated heterocycles. The van der Waals surface area contributed by atoms with E-state index in [2.05, 4.69) is 19.6 Å². The zero-order chi connectivity index (χ0) is 15.3.